The van der Waals surface area contributed by atoms with E-state index >= 15 is 0 Å². The van der Waals surface area contributed by atoms with Gasteiger partial charge in [-0.1, -0.05) is 68.4 Å². The number of hydrogen-bond acceptors (Lipinski definition) is 3. The summed E-state index contributed by atoms with van der Waals surface area (Å²) in [6.07, 6.45) is 0. The first-order valence-electron chi connectivity index (χ1n) is 11.0. The first-order valence-corrected chi connectivity index (χ1v) is 12.4. The van der Waals surface area contributed by atoms with Gasteiger partial charge >= 0.3 is 0 Å². The van der Waals surface area contributed by atoms with Crippen LogP contribution in [0.3, 0.4) is 0 Å². The van der Waals surface area contributed by atoms with Crippen molar-refractivity contribution in [3.63, 3.8) is 0 Å². The number of hydrogen-bond donors (Lipinski definition) is 0. The van der Waals surface area contributed by atoms with E-state index in [9.17, 15) is 12.8 Å². The molecule has 3 aromatic carbocycles. The maximum Gasteiger partial charge on any atom is 0.243 e. The van der Waals surface area contributed by atoms with Gasteiger partial charge < -0.3 is 0 Å². The summed E-state index contributed by atoms with van der Waals surface area (Å²) in [7, 11) is -3.53. The minimum Gasteiger partial charge on any atom is -0.290 e. The van der Waals surface area contributed by atoms with Crippen LogP contribution in [0.5, 0.6) is 0 Å². The van der Waals surface area contributed by atoms with Gasteiger partial charge in [0.2, 0.25) is 10.0 Å². The molecule has 0 radical (unpaired) electrons. The Morgan fingerprint density at radius 3 is 1.81 bits per heavy atom. The first-order chi connectivity index (χ1) is 15.4. The molecule has 168 valence electrons. The van der Waals surface area contributed by atoms with Gasteiger partial charge in [-0.2, -0.15) is 4.31 Å². The SMILES string of the molecule is CC(C)c1ccc(S(=O)(=O)N2CCN([C@H](c3ccccc3)c3ccc(F)cc3)CC2)cc1. The van der Waals surface area contributed by atoms with Gasteiger partial charge in [0.05, 0.1) is 10.9 Å². The molecule has 0 spiro atoms. The largest absolute Gasteiger partial charge is 0.290 e. The number of rotatable bonds is 6. The fourth-order valence-corrected chi connectivity index (χ4v) is 5.69. The predicted molar refractivity (Wildman–Crippen MR) is 126 cm³/mol. The molecule has 4 rings (SSSR count). The van der Waals surface area contributed by atoms with E-state index in [4.69, 9.17) is 0 Å². The van der Waals surface area contributed by atoms with Gasteiger partial charge in [0, 0.05) is 26.2 Å². The molecule has 3 aromatic rings. The van der Waals surface area contributed by atoms with Gasteiger partial charge in [0.1, 0.15) is 5.82 Å². The van der Waals surface area contributed by atoms with E-state index in [0.29, 0.717) is 37.0 Å². The summed E-state index contributed by atoms with van der Waals surface area (Å²) in [6, 6.07) is 23.8. The van der Waals surface area contributed by atoms with Gasteiger partial charge in [-0.25, -0.2) is 12.8 Å². The Morgan fingerprint density at radius 1 is 0.719 bits per heavy atom. The molecule has 0 aromatic heterocycles. The Balaban J connectivity index is 1.53. The fraction of sp³-hybridized carbons (Fsp3) is 0.308. The summed E-state index contributed by atoms with van der Waals surface area (Å²) in [6.45, 7) is 6.21. The van der Waals surface area contributed by atoms with Crippen molar-refractivity contribution in [2.45, 2.75) is 30.7 Å². The molecule has 4 nitrogen and oxygen atoms in total. The quantitative estimate of drug-likeness (QED) is 0.526. The normalized spacial score (nSPS) is 16.9. The lowest BCUT2D eigenvalue weighted by atomic mass is 9.96. The Labute approximate surface area is 190 Å². The van der Waals surface area contributed by atoms with E-state index in [1.165, 1.54) is 12.1 Å². The standard InChI is InChI=1S/C26H29FN2O2S/c1-20(2)21-10-14-25(15-11-21)32(30,31)29-18-16-28(17-19-29)26(22-6-4-3-5-7-22)23-8-12-24(27)13-9-23/h3-15,20,26H,16-19H2,1-2H3/t26-/m1/s1. The van der Waals surface area contributed by atoms with Gasteiger partial charge in [0.15, 0.2) is 0 Å². The zero-order valence-corrected chi connectivity index (χ0v) is 19.3. The maximum atomic E-state index is 13.5. The predicted octanol–water partition coefficient (Wildman–Crippen LogP) is 5.05. The smallest absolute Gasteiger partial charge is 0.243 e. The monoisotopic (exact) mass is 452 g/mol. The second kappa shape index (κ2) is 9.53. The highest BCUT2D eigenvalue weighted by atomic mass is 32.2. The van der Waals surface area contributed by atoms with Crippen molar-refractivity contribution in [1.29, 1.82) is 0 Å². The van der Waals surface area contributed by atoms with Crippen molar-refractivity contribution >= 4 is 10.0 Å². The minimum absolute atomic E-state index is 0.0491. The summed E-state index contributed by atoms with van der Waals surface area (Å²) in [5.74, 6) is 0.0941. The zero-order valence-electron chi connectivity index (χ0n) is 18.5. The fourth-order valence-electron chi connectivity index (χ4n) is 4.27. The summed E-state index contributed by atoms with van der Waals surface area (Å²) in [5.41, 5.74) is 3.23. The van der Waals surface area contributed by atoms with Crippen LogP contribution in [0.2, 0.25) is 0 Å². The lowest BCUT2D eigenvalue weighted by molar-refractivity contribution is 0.155. The van der Waals surface area contributed by atoms with Crippen molar-refractivity contribution in [2.75, 3.05) is 26.2 Å². The number of halogens is 1. The molecule has 1 atom stereocenters. The molecule has 1 saturated heterocycles. The third-order valence-electron chi connectivity index (χ3n) is 6.12. The Hall–Kier alpha value is -2.54. The van der Waals surface area contributed by atoms with Crippen molar-refractivity contribution in [3.8, 4) is 0 Å². The molecule has 0 amide bonds. The van der Waals surface area contributed by atoms with Gasteiger partial charge in [-0.05, 0) is 46.9 Å². The van der Waals surface area contributed by atoms with E-state index in [1.54, 1.807) is 16.4 Å². The summed E-state index contributed by atoms with van der Waals surface area (Å²) < 4.78 is 41.5. The zero-order chi connectivity index (χ0) is 22.7. The number of sulfonamides is 1. The maximum absolute atomic E-state index is 13.5. The molecule has 1 aliphatic heterocycles. The van der Waals surface area contributed by atoms with E-state index < -0.39 is 10.0 Å². The molecule has 0 unspecified atom stereocenters. The highest BCUT2D eigenvalue weighted by Crippen LogP contribution is 2.31. The van der Waals surface area contributed by atoms with Crippen LogP contribution in [0.4, 0.5) is 4.39 Å². The number of piperazine rings is 1. The highest BCUT2D eigenvalue weighted by Gasteiger charge is 2.32. The molecular formula is C26H29FN2O2S. The van der Waals surface area contributed by atoms with Gasteiger partial charge in [-0.3, -0.25) is 4.90 Å². The first kappa shape index (κ1) is 22.6. The van der Waals surface area contributed by atoms with E-state index in [-0.39, 0.29) is 11.9 Å². The molecule has 0 saturated carbocycles. The summed E-state index contributed by atoms with van der Waals surface area (Å²) in [5, 5.41) is 0. The second-order valence-electron chi connectivity index (χ2n) is 8.53. The average Bonchev–Trinajstić information content (AvgIpc) is 2.81. The van der Waals surface area contributed by atoms with Crippen molar-refractivity contribution in [3.05, 3.63) is 101 Å². The minimum atomic E-state index is -3.53. The Kier molecular flexibility index (Phi) is 6.74. The van der Waals surface area contributed by atoms with Gasteiger partial charge in [-0.15, -0.1) is 0 Å². The van der Waals surface area contributed by atoms with Crippen LogP contribution in [-0.2, 0) is 10.0 Å². The van der Waals surface area contributed by atoms with Crippen LogP contribution in [0.1, 0.15) is 42.5 Å². The Bertz CT molecular complexity index is 1120. The van der Waals surface area contributed by atoms with Gasteiger partial charge in [0.25, 0.3) is 0 Å². The van der Waals surface area contributed by atoms with E-state index in [2.05, 4.69) is 30.9 Å². The molecule has 0 bridgehead atoms. The Morgan fingerprint density at radius 2 is 1.25 bits per heavy atom. The molecule has 1 fully saturated rings. The molecule has 32 heavy (non-hydrogen) atoms. The second-order valence-corrected chi connectivity index (χ2v) is 10.5. The van der Waals surface area contributed by atoms with E-state index in [1.807, 2.05) is 42.5 Å². The lowest BCUT2D eigenvalue weighted by Gasteiger charge is -2.39. The van der Waals surface area contributed by atoms with Crippen molar-refractivity contribution in [2.24, 2.45) is 0 Å². The van der Waals surface area contributed by atoms with Crippen LogP contribution in [0, 0.1) is 5.82 Å². The lowest BCUT2D eigenvalue weighted by Crippen LogP contribution is -2.49. The number of nitrogens with zero attached hydrogens (tertiary/aromatic N) is 2. The van der Waals surface area contributed by atoms with E-state index in [0.717, 1.165) is 16.7 Å². The van der Waals surface area contributed by atoms with Crippen molar-refractivity contribution < 1.29 is 12.8 Å². The molecule has 0 N–H and O–H groups in total. The topological polar surface area (TPSA) is 40.6 Å². The summed E-state index contributed by atoms with van der Waals surface area (Å²) >= 11 is 0. The third-order valence-corrected chi connectivity index (χ3v) is 8.04. The molecule has 1 aliphatic rings. The van der Waals surface area contributed by atoms with Crippen LogP contribution < -0.4 is 0 Å². The highest BCUT2D eigenvalue weighted by molar-refractivity contribution is 7.89. The van der Waals surface area contributed by atoms with Crippen LogP contribution in [-0.4, -0.2) is 43.8 Å². The third kappa shape index (κ3) is 4.77. The van der Waals surface area contributed by atoms with Crippen LogP contribution >= 0.6 is 0 Å². The molecule has 1 heterocycles. The van der Waals surface area contributed by atoms with Crippen LogP contribution in [0.25, 0.3) is 0 Å². The molecular weight excluding hydrogens is 423 g/mol. The van der Waals surface area contributed by atoms with Crippen molar-refractivity contribution in [1.82, 2.24) is 9.21 Å². The number of benzene rings is 3. The average molecular weight is 453 g/mol. The van der Waals surface area contributed by atoms with Crippen LogP contribution in [0.15, 0.2) is 83.8 Å². The summed E-state index contributed by atoms with van der Waals surface area (Å²) in [4.78, 5) is 2.62. The molecule has 0 aliphatic carbocycles. The molecule has 6 heteroatoms.